The summed E-state index contributed by atoms with van der Waals surface area (Å²) in [5, 5.41) is 11.7. The maximum Gasteiger partial charge on any atom is 0.267 e. The quantitative estimate of drug-likeness (QED) is 0.353. The molecule has 2 N–H and O–H groups in total. The van der Waals surface area contributed by atoms with Gasteiger partial charge in [0.1, 0.15) is 16.8 Å². The fraction of sp³-hybridized carbons (Fsp3) is 0.217. The Morgan fingerprint density at radius 3 is 2.71 bits per heavy atom. The third-order valence-electron chi connectivity index (χ3n) is 5.12. The van der Waals surface area contributed by atoms with Crippen LogP contribution in [0.5, 0.6) is 0 Å². The Hall–Kier alpha value is -3.78. The van der Waals surface area contributed by atoms with Crippen molar-refractivity contribution in [1.29, 1.82) is 5.41 Å². The summed E-state index contributed by atoms with van der Waals surface area (Å²) in [6.45, 7) is 1.08. The van der Waals surface area contributed by atoms with Gasteiger partial charge in [0.15, 0.2) is 0 Å². The number of benzene rings is 1. The van der Waals surface area contributed by atoms with E-state index in [-0.39, 0.29) is 16.6 Å². The van der Waals surface area contributed by atoms with Gasteiger partial charge in [-0.05, 0) is 30.2 Å². The summed E-state index contributed by atoms with van der Waals surface area (Å²) >= 11 is 0. The highest BCUT2D eigenvalue weighted by Gasteiger charge is 2.17. The molecule has 0 fully saturated rings. The van der Waals surface area contributed by atoms with Gasteiger partial charge in [-0.3, -0.25) is 19.4 Å². The lowest BCUT2D eigenvalue weighted by Gasteiger charge is -2.15. The van der Waals surface area contributed by atoms with Crippen molar-refractivity contribution in [2.45, 2.75) is 13.0 Å². The summed E-state index contributed by atoms with van der Waals surface area (Å²) in [5.74, 6) is -0.421. The molecule has 0 aliphatic heterocycles. The SMILES string of the molecule is COCCNC(=O)c1cc2c(=O)n3ccccc3nc2n(CCc2ccccc2)c1=N. The molecule has 0 aliphatic rings. The van der Waals surface area contributed by atoms with Crippen LogP contribution in [0.4, 0.5) is 0 Å². The monoisotopic (exact) mass is 417 g/mol. The van der Waals surface area contributed by atoms with E-state index in [4.69, 9.17) is 10.1 Å². The molecule has 0 spiro atoms. The number of amides is 1. The van der Waals surface area contributed by atoms with Crippen LogP contribution in [0.2, 0.25) is 0 Å². The molecule has 1 amide bonds. The molecule has 0 bridgehead atoms. The fourth-order valence-corrected chi connectivity index (χ4v) is 3.53. The number of hydrogen-bond acceptors (Lipinski definition) is 5. The van der Waals surface area contributed by atoms with Crippen molar-refractivity contribution in [3.63, 3.8) is 0 Å². The molecule has 3 aromatic heterocycles. The largest absolute Gasteiger partial charge is 0.383 e. The van der Waals surface area contributed by atoms with Crippen molar-refractivity contribution in [1.82, 2.24) is 19.3 Å². The van der Waals surface area contributed by atoms with E-state index in [1.54, 1.807) is 36.1 Å². The molecule has 158 valence electrons. The first-order valence-electron chi connectivity index (χ1n) is 10.0. The molecule has 8 nitrogen and oxygen atoms in total. The van der Waals surface area contributed by atoms with E-state index in [0.29, 0.717) is 42.8 Å². The summed E-state index contributed by atoms with van der Waals surface area (Å²) in [5.41, 5.74) is 1.85. The van der Waals surface area contributed by atoms with Crippen molar-refractivity contribution >= 4 is 22.6 Å². The standard InChI is InChI=1S/C23H23N5O3/c1-31-14-11-25-22(29)17-15-18-21(26-19-9-5-6-12-27(19)23(18)30)28(20(17)24)13-10-16-7-3-2-4-8-16/h2-9,12,15,24H,10-11,13-14H2,1H3,(H,25,29). The molecule has 0 saturated carbocycles. The molecule has 0 unspecified atom stereocenters. The lowest BCUT2D eigenvalue weighted by atomic mass is 10.1. The van der Waals surface area contributed by atoms with Crippen LogP contribution in [0.1, 0.15) is 15.9 Å². The maximum absolute atomic E-state index is 13.2. The number of aryl methyl sites for hydroxylation is 2. The number of aromatic nitrogens is 3. The number of nitrogens with one attached hydrogen (secondary N) is 2. The van der Waals surface area contributed by atoms with Gasteiger partial charge < -0.3 is 14.6 Å². The van der Waals surface area contributed by atoms with Crippen molar-refractivity contribution in [3.8, 4) is 0 Å². The van der Waals surface area contributed by atoms with Crippen LogP contribution in [0.3, 0.4) is 0 Å². The number of pyridine rings is 2. The predicted octanol–water partition coefficient (Wildman–Crippen LogP) is 1.75. The average Bonchev–Trinajstić information content (AvgIpc) is 2.79. The van der Waals surface area contributed by atoms with E-state index in [1.807, 2.05) is 30.3 Å². The Balaban J connectivity index is 1.88. The average molecular weight is 417 g/mol. The highest BCUT2D eigenvalue weighted by molar-refractivity contribution is 5.96. The third-order valence-corrected chi connectivity index (χ3v) is 5.12. The van der Waals surface area contributed by atoms with Gasteiger partial charge in [-0.2, -0.15) is 0 Å². The summed E-state index contributed by atoms with van der Waals surface area (Å²) in [6.07, 6.45) is 2.28. The minimum Gasteiger partial charge on any atom is -0.383 e. The molecule has 0 radical (unpaired) electrons. The first-order valence-corrected chi connectivity index (χ1v) is 10.0. The number of methoxy groups -OCH3 is 1. The number of fused-ring (bicyclic) bond motifs is 2. The number of carbonyl (C=O) groups excluding carboxylic acids is 1. The second-order valence-corrected chi connectivity index (χ2v) is 7.13. The van der Waals surface area contributed by atoms with Gasteiger partial charge in [0, 0.05) is 26.4 Å². The van der Waals surface area contributed by atoms with Gasteiger partial charge in [-0.15, -0.1) is 0 Å². The molecule has 31 heavy (non-hydrogen) atoms. The summed E-state index contributed by atoms with van der Waals surface area (Å²) in [6, 6.07) is 16.6. The van der Waals surface area contributed by atoms with Crippen molar-refractivity contribution in [2.75, 3.05) is 20.3 Å². The first-order chi connectivity index (χ1) is 15.1. The summed E-state index contributed by atoms with van der Waals surface area (Å²) in [4.78, 5) is 30.6. The van der Waals surface area contributed by atoms with Crippen LogP contribution in [0.25, 0.3) is 16.7 Å². The number of hydrogen-bond donors (Lipinski definition) is 2. The minimum absolute atomic E-state index is 0.0190. The smallest absolute Gasteiger partial charge is 0.267 e. The van der Waals surface area contributed by atoms with Crippen LogP contribution in [0, 0.1) is 5.41 Å². The van der Waals surface area contributed by atoms with E-state index >= 15 is 0 Å². The molecule has 8 heteroatoms. The van der Waals surface area contributed by atoms with Crippen molar-refractivity contribution in [3.05, 3.63) is 87.8 Å². The third kappa shape index (κ3) is 4.10. The van der Waals surface area contributed by atoms with Crippen LogP contribution >= 0.6 is 0 Å². The predicted molar refractivity (Wildman–Crippen MR) is 117 cm³/mol. The molecule has 4 rings (SSSR count). The lowest BCUT2D eigenvalue weighted by Crippen LogP contribution is -2.36. The lowest BCUT2D eigenvalue weighted by molar-refractivity contribution is 0.0934. The Bertz CT molecular complexity index is 1360. The highest BCUT2D eigenvalue weighted by atomic mass is 16.5. The van der Waals surface area contributed by atoms with Gasteiger partial charge in [0.05, 0.1) is 17.6 Å². The van der Waals surface area contributed by atoms with Crippen molar-refractivity contribution < 1.29 is 9.53 Å². The Kier molecular flexibility index (Phi) is 5.90. The normalized spacial score (nSPS) is 11.1. The van der Waals surface area contributed by atoms with E-state index in [2.05, 4.69) is 10.3 Å². The number of nitrogens with zero attached hydrogens (tertiary/aromatic N) is 3. The molecule has 0 atom stereocenters. The highest BCUT2D eigenvalue weighted by Crippen LogP contribution is 2.11. The Morgan fingerprint density at radius 2 is 1.94 bits per heavy atom. The molecular weight excluding hydrogens is 394 g/mol. The number of ether oxygens (including phenoxy) is 1. The molecular formula is C23H23N5O3. The van der Waals surface area contributed by atoms with Crippen LogP contribution in [-0.4, -0.2) is 40.1 Å². The van der Waals surface area contributed by atoms with Gasteiger partial charge in [0.2, 0.25) is 0 Å². The fourth-order valence-electron chi connectivity index (χ4n) is 3.53. The zero-order valence-electron chi connectivity index (χ0n) is 17.2. The summed E-state index contributed by atoms with van der Waals surface area (Å²) < 4.78 is 8.06. The molecule has 1 aromatic carbocycles. The van der Waals surface area contributed by atoms with E-state index in [0.717, 1.165) is 5.56 Å². The molecule has 0 saturated heterocycles. The zero-order valence-corrected chi connectivity index (χ0v) is 17.2. The first kappa shape index (κ1) is 20.5. The number of carbonyl (C=O) groups is 1. The zero-order chi connectivity index (χ0) is 21.8. The topological polar surface area (TPSA) is 101 Å². The summed E-state index contributed by atoms with van der Waals surface area (Å²) in [7, 11) is 1.55. The van der Waals surface area contributed by atoms with Gasteiger partial charge >= 0.3 is 0 Å². The Labute approximate surface area is 178 Å². The van der Waals surface area contributed by atoms with Crippen LogP contribution in [-0.2, 0) is 17.7 Å². The van der Waals surface area contributed by atoms with Gasteiger partial charge in [-0.1, -0.05) is 36.4 Å². The van der Waals surface area contributed by atoms with E-state index in [9.17, 15) is 9.59 Å². The molecule has 4 aromatic rings. The second kappa shape index (κ2) is 8.93. The molecule has 3 heterocycles. The number of rotatable bonds is 7. The Morgan fingerprint density at radius 1 is 1.16 bits per heavy atom. The van der Waals surface area contributed by atoms with Crippen molar-refractivity contribution in [2.24, 2.45) is 0 Å². The molecule has 0 aliphatic carbocycles. The maximum atomic E-state index is 13.2. The minimum atomic E-state index is -0.421. The van der Waals surface area contributed by atoms with Crippen LogP contribution in [0.15, 0.2) is 65.6 Å². The van der Waals surface area contributed by atoms with E-state index in [1.165, 1.54) is 10.5 Å². The second-order valence-electron chi connectivity index (χ2n) is 7.13. The van der Waals surface area contributed by atoms with Gasteiger partial charge in [-0.25, -0.2) is 4.98 Å². The van der Waals surface area contributed by atoms with Crippen LogP contribution < -0.4 is 16.4 Å². The van der Waals surface area contributed by atoms with E-state index < -0.39 is 5.91 Å². The van der Waals surface area contributed by atoms with Gasteiger partial charge in [0.25, 0.3) is 11.5 Å².